The van der Waals surface area contributed by atoms with Gasteiger partial charge in [0.25, 0.3) is 0 Å². The van der Waals surface area contributed by atoms with Crippen LogP contribution in [0.25, 0.3) is 6.08 Å². The molecule has 194 valence electrons. The van der Waals surface area contributed by atoms with Crippen molar-refractivity contribution >= 4 is 12.0 Å². The molecule has 0 amide bonds. The number of hydrogen-bond donors (Lipinski definition) is 1. The van der Waals surface area contributed by atoms with Gasteiger partial charge in [0, 0.05) is 19.1 Å². The van der Waals surface area contributed by atoms with E-state index >= 15 is 0 Å². The van der Waals surface area contributed by atoms with E-state index in [9.17, 15) is 18.7 Å². The molecule has 2 aliphatic rings. The molecule has 1 aromatic carbocycles. The van der Waals surface area contributed by atoms with Crippen LogP contribution in [0.3, 0.4) is 0 Å². The second-order valence-electron chi connectivity index (χ2n) is 8.94. The molecule has 0 bridgehead atoms. The molecule has 0 aromatic heterocycles. The predicted molar refractivity (Wildman–Crippen MR) is 122 cm³/mol. The Morgan fingerprint density at radius 1 is 1.20 bits per heavy atom. The lowest BCUT2D eigenvalue weighted by Crippen LogP contribution is -2.34. The maximum Gasteiger partial charge on any atom is 0.387 e. The van der Waals surface area contributed by atoms with Crippen molar-refractivity contribution in [1.29, 1.82) is 0 Å². The van der Waals surface area contributed by atoms with E-state index in [4.69, 9.17) is 23.7 Å². The Kier molecular flexibility index (Phi) is 8.87. The first-order chi connectivity index (χ1) is 16.5. The molecule has 10 heteroatoms. The lowest BCUT2D eigenvalue weighted by atomic mass is 9.99. The minimum absolute atomic E-state index is 0.0213. The minimum atomic E-state index is -3.07. The Morgan fingerprint density at radius 2 is 1.94 bits per heavy atom. The van der Waals surface area contributed by atoms with Gasteiger partial charge in [-0.15, -0.1) is 0 Å². The van der Waals surface area contributed by atoms with E-state index in [1.54, 1.807) is 45.1 Å². The van der Waals surface area contributed by atoms with Gasteiger partial charge in [-0.2, -0.15) is 8.78 Å². The number of carbonyl (C=O) groups excluding carboxylic acids is 1. The summed E-state index contributed by atoms with van der Waals surface area (Å²) in [6.07, 6.45) is 4.30. The van der Waals surface area contributed by atoms with Crippen LogP contribution in [-0.4, -0.2) is 61.8 Å². The summed E-state index contributed by atoms with van der Waals surface area (Å²) in [5.74, 6) is -2.07. The maximum absolute atomic E-state index is 13.2. The van der Waals surface area contributed by atoms with Crippen LogP contribution in [0.1, 0.15) is 50.0 Å². The molecule has 1 unspecified atom stereocenters. The molecule has 2 heterocycles. The van der Waals surface area contributed by atoms with Gasteiger partial charge in [0.05, 0.1) is 6.10 Å². The zero-order valence-corrected chi connectivity index (χ0v) is 20.4. The number of fused-ring (bicyclic) bond motifs is 2. The molecule has 35 heavy (non-hydrogen) atoms. The fourth-order valence-corrected chi connectivity index (χ4v) is 3.92. The number of cyclic esters (lactones) is 1. The molecule has 1 saturated heterocycles. The summed E-state index contributed by atoms with van der Waals surface area (Å²) in [6, 6.07) is 2.50. The smallest absolute Gasteiger partial charge is 0.387 e. The maximum atomic E-state index is 13.2. The van der Waals surface area contributed by atoms with Crippen LogP contribution in [0.5, 0.6) is 11.5 Å². The SMILES string of the molecule is COCOc1cc(OC(F)F)cc2c1C(=O)O[C@@H](C)[C@H](C)C=CC(O)[C@H]1OC(C)(C)O[C@H]1CC=C2. The van der Waals surface area contributed by atoms with Crippen molar-refractivity contribution in [3.63, 3.8) is 0 Å². The fraction of sp³-hybridized carbons (Fsp3) is 0.560. The molecule has 0 spiro atoms. The second kappa shape index (κ2) is 11.5. The van der Waals surface area contributed by atoms with E-state index in [0.717, 1.165) is 0 Å². The number of alkyl halides is 2. The molecule has 8 nitrogen and oxygen atoms in total. The summed E-state index contributed by atoms with van der Waals surface area (Å²) in [5, 5.41) is 10.7. The van der Waals surface area contributed by atoms with Crippen molar-refractivity contribution in [2.75, 3.05) is 13.9 Å². The van der Waals surface area contributed by atoms with Gasteiger partial charge in [0.15, 0.2) is 12.6 Å². The molecule has 5 atom stereocenters. The molecule has 1 fully saturated rings. The number of esters is 1. The zero-order valence-electron chi connectivity index (χ0n) is 20.4. The van der Waals surface area contributed by atoms with Crippen LogP contribution >= 0.6 is 0 Å². The summed E-state index contributed by atoms with van der Waals surface area (Å²) >= 11 is 0. The number of rotatable bonds is 5. The summed E-state index contributed by atoms with van der Waals surface area (Å²) in [5.41, 5.74) is 0.294. The molecule has 0 saturated carbocycles. The first kappa shape index (κ1) is 27.1. The van der Waals surface area contributed by atoms with Crippen molar-refractivity contribution in [1.82, 2.24) is 0 Å². The van der Waals surface area contributed by atoms with Crippen molar-refractivity contribution in [3.8, 4) is 11.5 Å². The van der Waals surface area contributed by atoms with Crippen LogP contribution in [0.15, 0.2) is 30.4 Å². The quantitative estimate of drug-likeness (QED) is 0.365. The first-order valence-electron chi connectivity index (χ1n) is 11.3. The Labute approximate surface area is 203 Å². The van der Waals surface area contributed by atoms with E-state index < -0.39 is 42.8 Å². The Morgan fingerprint density at radius 3 is 2.63 bits per heavy atom. The average Bonchev–Trinajstić information content (AvgIpc) is 3.08. The van der Waals surface area contributed by atoms with Gasteiger partial charge in [-0.3, -0.25) is 0 Å². The van der Waals surface area contributed by atoms with Gasteiger partial charge < -0.3 is 33.5 Å². The van der Waals surface area contributed by atoms with Gasteiger partial charge in [-0.05, 0) is 38.8 Å². The topological polar surface area (TPSA) is 92.7 Å². The third-order valence-electron chi connectivity index (χ3n) is 5.74. The Balaban J connectivity index is 2.08. The van der Waals surface area contributed by atoms with Crippen LogP contribution in [0, 0.1) is 5.92 Å². The molecule has 3 rings (SSSR count). The number of aliphatic hydroxyl groups excluding tert-OH is 1. The number of halogens is 2. The van der Waals surface area contributed by atoms with E-state index in [-0.39, 0.29) is 35.3 Å². The van der Waals surface area contributed by atoms with Crippen LogP contribution in [0.2, 0.25) is 0 Å². The summed E-state index contributed by atoms with van der Waals surface area (Å²) in [6.45, 7) is 3.77. The van der Waals surface area contributed by atoms with E-state index in [1.807, 2.05) is 6.92 Å². The number of hydrogen-bond acceptors (Lipinski definition) is 8. The number of aliphatic hydroxyl groups is 1. The lowest BCUT2D eigenvalue weighted by molar-refractivity contribution is -0.152. The highest BCUT2D eigenvalue weighted by Crippen LogP contribution is 2.35. The second-order valence-corrected chi connectivity index (χ2v) is 8.94. The number of methoxy groups -OCH3 is 1. The third-order valence-corrected chi connectivity index (χ3v) is 5.74. The van der Waals surface area contributed by atoms with Crippen molar-refractivity contribution in [2.45, 2.75) is 70.9 Å². The predicted octanol–water partition coefficient (Wildman–Crippen LogP) is 4.31. The van der Waals surface area contributed by atoms with Gasteiger partial charge in [0.1, 0.15) is 35.4 Å². The van der Waals surface area contributed by atoms with Gasteiger partial charge in [0.2, 0.25) is 0 Å². The van der Waals surface area contributed by atoms with Crippen LogP contribution in [0.4, 0.5) is 8.78 Å². The fourth-order valence-electron chi connectivity index (χ4n) is 3.92. The number of ether oxygens (including phenoxy) is 6. The normalized spacial score (nSPS) is 28.7. The monoisotopic (exact) mass is 498 g/mol. The highest BCUT2D eigenvalue weighted by atomic mass is 19.3. The Hall–Kier alpha value is -2.53. The van der Waals surface area contributed by atoms with E-state index in [0.29, 0.717) is 6.42 Å². The minimum Gasteiger partial charge on any atom is -0.466 e. The first-order valence-corrected chi connectivity index (χ1v) is 11.3. The molecular formula is C25H32F2O8. The zero-order chi connectivity index (χ0) is 25.8. The molecule has 0 aliphatic carbocycles. The average molecular weight is 499 g/mol. The Bertz CT molecular complexity index is 946. The molecule has 1 N–H and O–H groups in total. The van der Waals surface area contributed by atoms with Crippen molar-refractivity contribution in [3.05, 3.63) is 41.5 Å². The lowest BCUT2D eigenvalue weighted by Gasteiger charge is -2.23. The summed E-state index contributed by atoms with van der Waals surface area (Å²) in [7, 11) is 1.39. The summed E-state index contributed by atoms with van der Waals surface area (Å²) < 4.78 is 58.5. The van der Waals surface area contributed by atoms with Crippen molar-refractivity contribution in [2.24, 2.45) is 5.92 Å². The van der Waals surface area contributed by atoms with Gasteiger partial charge in [-0.25, -0.2) is 4.79 Å². The molecule has 0 radical (unpaired) electrons. The highest BCUT2D eigenvalue weighted by molar-refractivity contribution is 5.97. The summed E-state index contributed by atoms with van der Waals surface area (Å²) in [4.78, 5) is 13.2. The number of benzene rings is 1. The number of carbonyl (C=O) groups is 1. The largest absolute Gasteiger partial charge is 0.466 e. The highest BCUT2D eigenvalue weighted by Gasteiger charge is 2.43. The van der Waals surface area contributed by atoms with E-state index in [2.05, 4.69) is 4.74 Å². The molecule has 1 aromatic rings. The standard InChI is InChI=1S/C25H32F2O8/c1-14-9-10-18(28)22-19(34-25(3,4)35-22)8-6-7-16-11-17(33-24(26)27)12-20(31-13-30-5)21(16)23(29)32-15(14)2/h6-7,9-12,14-15,18-19,22,24,28H,8,13H2,1-5H3/t14-,15+,18?,19+,22-/m1/s1. The third kappa shape index (κ3) is 7.00. The molecular weight excluding hydrogens is 466 g/mol. The van der Waals surface area contributed by atoms with Gasteiger partial charge >= 0.3 is 12.6 Å². The van der Waals surface area contributed by atoms with Gasteiger partial charge in [-0.1, -0.05) is 31.2 Å². The van der Waals surface area contributed by atoms with Crippen LogP contribution in [-0.2, 0) is 18.9 Å². The van der Waals surface area contributed by atoms with E-state index in [1.165, 1.54) is 19.2 Å². The van der Waals surface area contributed by atoms with Crippen molar-refractivity contribution < 1.29 is 47.1 Å². The molecule has 2 aliphatic heterocycles. The van der Waals surface area contributed by atoms with Crippen LogP contribution < -0.4 is 9.47 Å².